The highest BCUT2D eigenvalue weighted by Gasteiger charge is 2.57. The van der Waals surface area contributed by atoms with Crippen LogP contribution in [0.3, 0.4) is 0 Å². The zero-order chi connectivity index (χ0) is 31.0. The summed E-state index contributed by atoms with van der Waals surface area (Å²) in [7, 11) is 0. The monoisotopic (exact) mass is 596 g/mol. The van der Waals surface area contributed by atoms with E-state index in [2.05, 4.69) is 0 Å². The van der Waals surface area contributed by atoms with Crippen LogP contribution in [0.4, 0.5) is 4.39 Å². The molecule has 10 atom stereocenters. The summed E-state index contributed by atoms with van der Waals surface area (Å²) in [5.41, 5.74) is 0. The van der Waals surface area contributed by atoms with Gasteiger partial charge in [0.05, 0.1) is 6.61 Å². The Bertz CT molecular complexity index is 911. The SMILES string of the molecule is CC(=O)O[C@@H]1[C@@H](OC(C)=O)[C@@H](O[C@@H]2O[C@@H](CO)[C@H](OC(C)=O)[C@@H](OC(C)=O)[C@@H]2OC(C)=O)O[C@H](CF)[C@H]1OC(C)=O. The van der Waals surface area contributed by atoms with Crippen LogP contribution >= 0.6 is 0 Å². The molecule has 0 aromatic carbocycles. The zero-order valence-corrected chi connectivity index (χ0v) is 23.1. The third-order valence-corrected chi connectivity index (χ3v) is 5.59. The van der Waals surface area contributed by atoms with Gasteiger partial charge < -0.3 is 47.7 Å². The summed E-state index contributed by atoms with van der Waals surface area (Å²) in [6.07, 6.45) is -16.4. The van der Waals surface area contributed by atoms with Crippen LogP contribution in [-0.2, 0) is 71.4 Å². The van der Waals surface area contributed by atoms with E-state index in [0.29, 0.717) is 0 Å². The molecule has 16 nitrogen and oxygen atoms in total. The highest BCUT2D eigenvalue weighted by Crippen LogP contribution is 2.35. The van der Waals surface area contributed by atoms with Crippen molar-refractivity contribution in [3.05, 3.63) is 0 Å². The smallest absolute Gasteiger partial charge is 0.303 e. The molecule has 17 heteroatoms. The van der Waals surface area contributed by atoms with Crippen LogP contribution in [-0.4, -0.2) is 116 Å². The molecule has 1 N–H and O–H groups in total. The van der Waals surface area contributed by atoms with Crippen LogP contribution in [0.15, 0.2) is 0 Å². The van der Waals surface area contributed by atoms with Crippen molar-refractivity contribution >= 4 is 35.8 Å². The van der Waals surface area contributed by atoms with Crippen LogP contribution in [0.2, 0.25) is 0 Å². The number of halogens is 1. The summed E-state index contributed by atoms with van der Waals surface area (Å²) in [6, 6.07) is 0. The van der Waals surface area contributed by atoms with Gasteiger partial charge in [-0.3, -0.25) is 28.8 Å². The lowest BCUT2D eigenvalue weighted by Crippen LogP contribution is -2.66. The maximum atomic E-state index is 14.1. The Kier molecular flexibility index (Phi) is 12.4. The summed E-state index contributed by atoms with van der Waals surface area (Å²) >= 11 is 0. The van der Waals surface area contributed by atoms with Crippen molar-refractivity contribution in [2.75, 3.05) is 13.3 Å². The first-order valence-electron chi connectivity index (χ1n) is 12.3. The second-order valence-electron chi connectivity index (χ2n) is 9.00. The molecule has 0 saturated carbocycles. The summed E-state index contributed by atoms with van der Waals surface area (Å²) in [4.78, 5) is 71.3. The lowest BCUT2D eigenvalue weighted by molar-refractivity contribution is -0.376. The van der Waals surface area contributed by atoms with Crippen molar-refractivity contribution < 1.29 is 80.9 Å². The average molecular weight is 597 g/mol. The van der Waals surface area contributed by atoms with Crippen molar-refractivity contribution in [2.45, 2.75) is 103 Å². The zero-order valence-electron chi connectivity index (χ0n) is 23.1. The molecule has 2 fully saturated rings. The molecule has 0 aromatic heterocycles. The molecule has 2 rings (SSSR count). The molecule has 232 valence electrons. The second kappa shape index (κ2) is 15.0. The van der Waals surface area contributed by atoms with Crippen LogP contribution in [0.25, 0.3) is 0 Å². The van der Waals surface area contributed by atoms with E-state index in [-0.39, 0.29) is 0 Å². The van der Waals surface area contributed by atoms with Crippen molar-refractivity contribution in [2.24, 2.45) is 0 Å². The minimum atomic E-state index is -1.85. The van der Waals surface area contributed by atoms with E-state index in [1.165, 1.54) is 0 Å². The minimum absolute atomic E-state index is 0.820. The normalized spacial score (nSPS) is 33.1. The maximum Gasteiger partial charge on any atom is 0.303 e. The highest BCUT2D eigenvalue weighted by atomic mass is 19.1. The molecule has 0 bridgehead atoms. The number of hydrogen-bond acceptors (Lipinski definition) is 16. The van der Waals surface area contributed by atoms with Crippen molar-refractivity contribution in [1.82, 2.24) is 0 Å². The average Bonchev–Trinajstić information content (AvgIpc) is 2.84. The Labute approximate surface area is 233 Å². The molecule has 0 aromatic rings. The quantitative estimate of drug-likeness (QED) is 0.237. The molecule has 41 heavy (non-hydrogen) atoms. The van der Waals surface area contributed by atoms with Gasteiger partial charge in [0, 0.05) is 41.5 Å². The van der Waals surface area contributed by atoms with E-state index in [0.717, 1.165) is 41.5 Å². The largest absolute Gasteiger partial charge is 0.456 e. The number of esters is 6. The standard InChI is InChI=1S/C24H33FO16/c1-9(27)33-17-15(7-25)39-23(21(37-13(5)31)19(17)35-11(3)29)41-24-22(38-14(6)32)20(36-12(4)30)18(34-10(2)28)16(8-26)40-24/h15-24,26H,7-8H2,1-6H3/t15-,16+,17-,18+,19+,20-,21-,22+,23-,24+/m1/s1. The summed E-state index contributed by atoms with van der Waals surface area (Å²) in [5, 5.41) is 9.95. The Balaban J connectivity index is 2.57. The highest BCUT2D eigenvalue weighted by molar-refractivity contribution is 5.69. The van der Waals surface area contributed by atoms with Gasteiger partial charge in [0.25, 0.3) is 0 Å². The van der Waals surface area contributed by atoms with Gasteiger partial charge in [0.1, 0.15) is 18.9 Å². The number of carbonyl (C=O) groups excluding carboxylic acids is 6. The van der Waals surface area contributed by atoms with E-state index in [9.17, 15) is 38.3 Å². The fraction of sp³-hybridized carbons (Fsp3) is 0.750. The first-order chi connectivity index (χ1) is 19.2. The van der Waals surface area contributed by atoms with Crippen molar-refractivity contribution in [3.63, 3.8) is 0 Å². The van der Waals surface area contributed by atoms with Gasteiger partial charge in [0.15, 0.2) is 36.6 Å². The Morgan fingerprint density at radius 3 is 1.15 bits per heavy atom. The molecule has 0 aliphatic carbocycles. The Hall–Kier alpha value is -3.41. The van der Waals surface area contributed by atoms with Crippen LogP contribution in [0, 0.1) is 0 Å². The molecular formula is C24H33FO16. The third kappa shape index (κ3) is 9.31. The molecule has 0 spiro atoms. The Morgan fingerprint density at radius 2 is 0.829 bits per heavy atom. The molecule has 2 aliphatic rings. The van der Waals surface area contributed by atoms with E-state index < -0.39 is 111 Å². The number of rotatable bonds is 10. The number of carbonyl (C=O) groups is 6. The summed E-state index contributed by atoms with van der Waals surface area (Å²) in [6.45, 7) is 3.92. The fourth-order valence-electron chi connectivity index (χ4n) is 4.33. The molecule has 0 amide bonds. The predicted molar refractivity (Wildman–Crippen MR) is 125 cm³/mol. The minimum Gasteiger partial charge on any atom is -0.456 e. The second-order valence-corrected chi connectivity index (χ2v) is 9.00. The molecule has 2 aliphatic heterocycles. The Morgan fingerprint density at radius 1 is 0.537 bits per heavy atom. The molecule has 0 unspecified atom stereocenters. The van der Waals surface area contributed by atoms with Crippen molar-refractivity contribution in [3.8, 4) is 0 Å². The van der Waals surface area contributed by atoms with Gasteiger partial charge in [0.2, 0.25) is 12.6 Å². The summed E-state index contributed by atoms with van der Waals surface area (Å²) in [5.74, 6) is -5.44. The van der Waals surface area contributed by atoms with E-state index in [1.54, 1.807) is 0 Å². The van der Waals surface area contributed by atoms with Crippen LogP contribution in [0.5, 0.6) is 0 Å². The third-order valence-electron chi connectivity index (χ3n) is 5.59. The van der Waals surface area contributed by atoms with Gasteiger partial charge in [-0.1, -0.05) is 0 Å². The number of hydrogen-bond donors (Lipinski definition) is 1. The molecular weight excluding hydrogens is 563 g/mol. The topological polar surface area (TPSA) is 206 Å². The van der Waals surface area contributed by atoms with Gasteiger partial charge in [-0.25, -0.2) is 4.39 Å². The number of aliphatic hydroxyl groups is 1. The first-order valence-corrected chi connectivity index (χ1v) is 12.3. The first kappa shape index (κ1) is 33.8. The van der Waals surface area contributed by atoms with Gasteiger partial charge in [-0.2, -0.15) is 0 Å². The van der Waals surface area contributed by atoms with Crippen molar-refractivity contribution in [1.29, 1.82) is 0 Å². The van der Waals surface area contributed by atoms with E-state index >= 15 is 0 Å². The lowest BCUT2D eigenvalue weighted by atomic mass is 9.97. The van der Waals surface area contributed by atoms with Gasteiger partial charge in [-0.05, 0) is 0 Å². The number of ether oxygens (including phenoxy) is 9. The maximum absolute atomic E-state index is 14.1. The van der Waals surface area contributed by atoms with Gasteiger partial charge in [-0.15, -0.1) is 0 Å². The fourth-order valence-corrected chi connectivity index (χ4v) is 4.33. The predicted octanol–water partition coefficient (Wildman–Crippen LogP) is -0.995. The molecule has 2 heterocycles. The molecule has 2 saturated heterocycles. The van der Waals surface area contributed by atoms with Crippen LogP contribution < -0.4 is 0 Å². The van der Waals surface area contributed by atoms with Gasteiger partial charge >= 0.3 is 35.8 Å². The summed E-state index contributed by atoms with van der Waals surface area (Å²) < 4.78 is 62.5. The number of aliphatic hydroxyl groups excluding tert-OH is 1. The number of alkyl halides is 1. The van der Waals surface area contributed by atoms with E-state index in [1.807, 2.05) is 0 Å². The van der Waals surface area contributed by atoms with E-state index in [4.69, 9.17) is 42.6 Å². The van der Waals surface area contributed by atoms with Crippen LogP contribution in [0.1, 0.15) is 41.5 Å². The lowest BCUT2D eigenvalue weighted by Gasteiger charge is -2.47. The molecule has 0 radical (unpaired) electrons.